The number of carbonyl (C=O) groups is 2. The van der Waals surface area contributed by atoms with Gasteiger partial charge in [0.25, 0.3) is 0 Å². The fraction of sp³-hybridized carbons (Fsp3) is 0.667. The summed E-state index contributed by atoms with van der Waals surface area (Å²) in [4.78, 5) is 22.9. The van der Waals surface area contributed by atoms with Crippen molar-refractivity contribution in [2.24, 2.45) is 0 Å². The second kappa shape index (κ2) is 3.96. The van der Waals surface area contributed by atoms with Crippen molar-refractivity contribution in [1.29, 1.82) is 0 Å². The average molecular weight is 200 g/mol. The molecule has 1 rings (SSSR count). The lowest BCUT2D eigenvalue weighted by Gasteiger charge is -2.44. The Hall–Kier alpha value is -1.10. The van der Waals surface area contributed by atoms with Crippen molar-refractivity contribution >= 4 is 11.9 Å². The van der Waals surface area contributed by atoms with Crippen LogP contribution in [0, 0.1) is 5.92 Å². The second-order valence-electron chi connectivity index (χ2n) is 3.82. The van der Waals surface area contributed by atoms with Gasteiger partial charge in [-0.3, -0.25) is 14.5 Å². The van der Waals surface area contributed by atoms with Crippen LogP contribution in [0.15, 0.2) is 0 Å². The van der Waals surface area contributed by atoms with Crippen molar-refractivity contribution in [3.63, 3.8) is 0 Å². The molecule has 0 saturated carbocycles. The highest BCUT2D eigenvalue weighted by Gasteiger charge is 2.46. The van der Waals surface area contributed by atoms with Crippen LogP contribution in [-0.2, 0) is 9.59 Å². The number of carboxylic acids is 2. The Morgan fingerprint density at radius 1 is 1.21 bits per heavy atom. The third-order valence-electron chi connectivity index (χ3n) is 2.32. The smallest absolute Gasteiger partial charge is 0.321 e. The minimum absolute atomic E-state index is 0.206. The fourth-order valence-electron chi connectivity index (χ4n) is 1.63. The Morgan fingerprint density at radius 3 is 1.93 bits per heavy atom. The number of hydrogen-bond acceptors (Lipinski definition) is 3. The minimum atomic E-state index is -0.941. The minimum Gasteiger partial charge on any atom is -0.480 e. The van der Waals surface area contributed by atoms with Crippen molar-refractivity contribution in [3.8, 4) is 0 Å². The van der Waals surface area contributed by atoms with E-state index in [0.717, 1.165) is 5.92 Å². The van der Waals surface area contributed by atoms with Crippen LogP contribution in [0.1, 0.15) is 20.3 Å². The van der Waals surface area contributed by atoms with E-state index in [4.69, 9.17) is 10.2 Å². The van der Waals surface area contributed by atoms with Gasteiger partial charge < -0.3 is 10.2 Å². The molecule has 0 aromatic heterocycles. The largest absolute Gasteiger partial charge is 0.480 e. The van der Waals surface area contributed by atoms with Gasteiger partial charge in [-0.1, -0.05) is 13.8 Å². The first-order chi connectivity index (χ1) is 6.43. The first kappa shape index (κ1) is 11.0. The number of likely N-dealkylation sites (tertiary alicyclic amines) is 1. The summed E-state index contributed by atoms with van der Waals surface area (Å²) >= 11 is 0. The van der Waals surface area contributed by atoms with Crippen molar-refractivity contribution in [2.45, 2.75) is 32.4 Å². The Bertz CT molecular complexity index is 231. The molecule has 79 valence electrons. The van der Waals surface area contributed by atoms with Crippen LogP contribution in [0.3, 0.4) is 0 Å². The highest BCUT2D eigenvalue weighted by Crippen LogP contribution is 2.27. The molecular formula is C9H14NO4. The number of aliphatic carboxylic acids is 2. The number of rotatable bonds is 4. The van der Waals surface area contributed by atoms with Gasteiger partial charge in [-0.05, 0) is 12.3 Å². The van der Waals surface area contributed by atoms with E-state index < -0.39 is 24.0 Å². The third kappa shape index (κ3) is 2.04. The molecule has 5 nitrogen and oxygen atoms in total. The van der Waals surface area contributed by atoms with Crippen molar-refractivity contribution in [2.75, 3.05) is 6.54 Å². The van der Waals surface area contributed by atoms with Gasteiger partial charge in [-0.2, -0.15) is 0 Å². The maximum Gasteiger partial charge on any atom is 0.321 e. The van der Waals surface area contributed by atoms with E-state index in [9.17, 15) is 9.59 Å². The lowest BCUT2D eigenvalue weighted by Crippen LogP contribution is -2.63. The van der Waals surface area contributed by atoms with Gasteiger partial charge in [-0.25, -0.2) is 0 Å². The summed E-state index contributed by atoms with van der Waals surface area (Å²) < 4.78 is 0. The maximum absolute atomic E-state index is 10.7. The molecule has 5 heteroatoms. The lowest BCUT2D eigenvalue weighted by atomic mass is 9.91. The monoisotopic (exact) mass is 200 g/mol. The average Bonchev–Trinajstić information content (AvgIpc) is 1.96. The lowest BCUT2D eigenvalue weighted by molar-refractivity contribution is -0.162. The summed E-state index contributed by atoms with van der Waals surface area (Å²) in [7, 11) is 0. The Morgan fingerprint density at radius 2 is 1.64 bits per heavy atom. The molecule has 2 N–H and O–H groups in total. The van der Waals surface area contributed by atoms with Crippen LogP contribution in [0.4, 0.5) is 0 Å². The molecule has 0 aromatic rings. The Balaban J connectivity index is 2.61. The van der Waals surface area contributed by atoms with Crippen molar-refractivity contribution < 1.29 is 19.8 Å². The topological polar surface area (TPSA) is 77.8 Å². The van der Waals surface area contributed by atoms with Crippen molar-refractivity contribution in [1.82, 2.24) is 4.90 Å². The van der Waals surface area contributed by atoms with Crippen LogP contribution in [0.5, 0.6) is 0 Å². The van der Waals surface area contributed by atoms with E-state index in [1.54, 1.807) is 0 Å². The molecule has 0 aromatic carbocycles. The van der Waals surface area contributed by atoms with E-state index in [1.807, 2.05) is 13.8 Å². The molecule has 0 spiro atoms. The van der Waals surface area contributed by atoms with E-state index in [1.165, 1.54) is 4.90 Å². The van der Waals surface area contributed by atoms with Gasteiger partial charge in [0.2, 0.25) is 0 Å². The van der Waals surface area contributed by atoms with Gasteiger partial charge in [0.05, 0.1) is 0 Å². The van der Waals surface area contributed by atoms with Gasteiger partial charge in [0.15, 0.2) is 0 Å². The zero-order chi connectivity index (χ0) is 10.9. The van der Waals surface area contributed by atoms with Gasteiger partial charge in [0, 0.05) is 6.54 Å². The highest BCUT2D eigenvalue weighted by molar-refractivity contribution is 5.82. The standard InChI is InChI=1S/C9H14NO4/c1-5(2)4-10-6(8(11)12)3-7(10)9(13)14/h6-7H,3-4H2,1-2H3,(H,11,12)(H,13,14). The zero-order valence-corrected chi connectivity index (χ0v) is 8.23. The summed E-state index contributed by atoms with van der Waals surface area (Å²) in [5.41, 5.74) is 0. The van der Waals surface area contributed by atoms with Crippen LogP contribution < -0.4 is 0 Å². The molecule has 0 aliphatic carbocycles. The molecule has 1 aliphatic heterocycles. The van der Waals surface area contributed by atoms with E-state index in [2.05, 4.69) is 0 Å². The predicted molar refractivity (Wildman–Crippen MR) is 48.8 cm³/mol. The third-order valence-corrected chi connectivity index (χ3v) is 2.32. The van der Waals surface area contributed by atoms with Gasteiger partial charge in [-0.15, -0.1) is 0 Å². The number of carboxylic acid groups (broad SMARTS) is 2. The van der Waals surface area contributed by atoms with E-state index in [0.29, 0.717) is 6.54 Å². The predicted octanol–water partition coefficient (Wildman–Crippen LogP) is 0.213. The van der Waals surface area contributed by atoms with Gasteiger partial charge in [0.1, 0.15) is 12.1 Å². The van der Waals surface area contributed by atoms with Crippen LogP contribution in [0.2, 0.25) is 0 Å². The molecular weight excluding hydrogens is 186 g/mol. The normalized spacial score (nSPS) is 27.4. The first-order valence-electron chi connectivity index (χ1n) is 4.44. The van der Waals surface area contributed by atoms with Crippen LogP contribution in [-0.4, -0.2) is 45.7 Å². The Labute approximate surface area is 82.3 Å². The summed E-state index contributed by atoms with van der Waals surface area (Å²) in [6, 6.07) is -1.27. The summed E-state index contributed by atoms with van der Waals surface area (Å²) in [5.74, 6) is -0.866. The molecule has 2 atom stereocenters. The molecule has 1 aliphatic rings. The summed E-state index contributed by atoms with van der Waals surface area (Å²) in [6.07, 6.45) is 0.206. The van der Waals surface area contributed by atoms with E-state index in [-0.39, 0.29) is 6.42 Å². The molecule has 0 bridgehead atoms. The van der Waals surface area contributed by atoms with E-state index >= 15 is 0 Å². The fourth-order valence-corrected chi connectivity index (χ4v) is 1.63. The van der Waals surface area contributed by atoms with Gasteiger partial charge >= 0.3 is 11.9 Å². The summed E-state index contributed by atoms with van der Waals surface area (Å²) in [6.45, 7) is 4.15. The van der Waals surface area contributed by atoms with Crippen LogP contribution >= 0.6 is 0 Å². The second-order valence-corrected chi connectivity index (χ2v) is 3.82. The molecule has 14 heavy (non-hydrogen) atoms. The number of hydrogen-bond donors (Lipinski definition) is 2. The SMILES string of the molecule is C[C](C)CN1C(C(=O)O)CC1C(=O)O. The number of nitrogens with zero attached hydrogens (tertiary/aromatic N) is 1. The quantitative estimate of drug-likeness (QED) is 0.678. The molecule has 1 radical (unpaired) electrons. The molecule has 0 amide bonds. The zero-order valence-electron chi connectivity index (χ0n) is 8.23. The summed E-state index contributed by atoms with van der Waals surface area (Å²) in [5, 5.41) is 17.5. The highest BCUT2D eigenvalue weighted by atomic mass is 16.4. The maximum atomic E-state index is 10.7. The first-order valence-corrected chi connectivity index (χ1v) is 4.44. The molecule has 1 fully saturated rings. The Kier molecular flexibility index (Phi) is 3.10. The molecule has 2 unspecified atom stereocenters. The van der Waals surface area contributed by atoms with Crippen molar-refractivity contribution in [3.05, 3.63) is 5.92 Å². The molecule has 1 saturated heterocycles. The van der Waals surface area contributed by atoms with Crippen LogP contribution in [0.25, 0.3) is 0 Å². The molecule has 1 heterocycles.